The van der Waals surface area contributed by atoms with Crippen molar-refractivity contribution in [2.24, 2.45) is 0 Å². The van der Waals surface area contributed by atoms with Gasteiger partial charge in [0.15, 0.2) is 0 Å². The van der Waals surface area contributed by atoms with E-state index in [1.165, 1.54) is 12.8 Å². The number of hydrogen-bond donors (Lipinski definition) is 1. The van der Waals surface area contributed by atoms with Crippen LogP contribution in [0.1, 0.15) is 19.8 Å². The summed E-state index contributed by atoms with van der Waals surface area (Å²) >= 11 is -2.31. The summed E-state index contributed by atoms with van der Waals surface area (Å²) in [6, 6.07) is 0. The monoisotopic (exact) mass is 224 g/mol. The zero-order chi connectivity index (χ0) is 6.62. The first-order valence-corrected chi connectivity index (χ1v) is 12.3. The Balaban J connectivity index is 3.11. The topological polar surface area (TPSA) is 20.2 Å². The van der Waals surface area contributed by atoms with Crippen LogP contribution in [0, 0.1) is 0 Å². The first-order valence-electron chi connectivity index (χ1n) is 3.28. The number of unbranched alkanes of at least 4 members (excludes halogenated alkanes) is 1. The van der Waals surface area contributed by atoms with Crippen LogP contribution in [-0.4, -0.2) is 22.2 Å². The SMILES string of the molecule is CCC[CH2][Sn]([CH3])([CH3])[OH]. The Labute approximate surface area is 56.5 Å². The van der Waals surface area contributed by atoms with E-state index >= 15 is 0 Å². The van der Waals surface area contributed by atoms with Crippen LogP contribution in [0.5, 0.6) is 0 Å². The molecule has 0 fully saturated rings. The Morgan fingerprint density at radius 3 is 2.00 bits per heavy atom. The Kier molecular flexibility index (Phi) is 4.07. The molecule has 0 aromatic carbocycles. The first-order chi connectivity index (χ1) is 3.56. The van der Waals surface area contributed by atoms with Gasteiger partial charge in [-0.2, -0.15) is 0 Å². The summed E-state index contributed by atoms with van der Waals surface area (Å²) in [6.45, 7) is 2.16. The molecule has 0 atom stereocenters. The van der Waals surface area contributed by atoms with Crippen LogP contribution < -0.4 is 0 Å². The van der Waals surface area contributed by atoms with Crippen LogP contribution in [0.15, 0.2) is 0 Å². The molecule has 1 N–H and O–H groups in total. The van der Waals surface area contributed by atoms with Gasteiger partial charge in [-0.15, -0.1) is 0 Å². The summed E-state index contributed by atoms with van der Waals surface area (Å²) in [6.07, 6.45) is 2.44. The summed E-state index contributed by atoms with van der Waals surface area (Å²) in [7, 11) is 0. The second-order valence-corrected chi connectivity index (χ2v) is 14.7. The zero-order valence-electron chi connectivity index (χ0n) is 6.07. The third-order valence-electron chi connectivity index (χ3n) is 1.14. The molecule has 1 nitrogen and oxygen atoms in total. The van der Waals surface area contributed by atoms with E-state index in [4.69, 9.17) is 0 Å². The molecule has 0 saturated carbocycles. The van der Waals surface area contributed by atoms with Crippen molar-refractivity contribution in [2.45, 2.75) is 34.1 Å². The minimum atomic E-state index is -2.31. The van der Waals surface area contributed by atoms with Gasteiger partial charge in [-0.25, -0.2) is 0 Å². The minimum absolute atomic E-state index is 1.13. The molecule has 0 aliphatic heterocycles. The standard InChI is InChI=1S/C4H9.2CH3.H2O.Sn/c1-3-4-2;;;;/h1,3-4H2,2H3;2*1H3;1H2;/q;;;;+1/p-1. The molecule has 50 valence electrons. The van der Waals surface area contributed by atoms with Gasteiger partial charge in [0.2, 0.25) is 0 Å². The summed E-state index contributed by atoms with van der Waals surface area (Å²) in [5.41, 5.74) is 0. The molecule has 2 heteroatoms. The maximum atomic E-state index is 9.36. The second kappa shape index (κ2) is 3.72. The first kappa shape index (κ1) is 8.76. The van der Waals surface area contributed by atoms with Crippen molar-refractivity contribution in [1.29, 1.82) is 0 Å². The molecule has 0 aliphatic rings. The Morgan fingerprint density at radius 2 is 1.88 bits per heavy atom. The van der Waals surface area contributed by atoms with Crippen LogP contribution in [0.4, 0.5) is 0 Å². The molecule has 0 saturated heterocycles. The van der Waals surface area contributed by atoms with E-state index in [2.05, 4.69) is 16.8 Å². The summed E-state index contributed by atoms with van der Waals surface area (Å²) < 4.78 is 10.5. The molecule has 0 unspecified atom stereocenters. The summed E-state index contributed by atoms with van der Waals surface area (Å²) in [4.78, 5) is 4.12. The fourth-order valence-electron chi connectivity index (χ4n) is 0.609. The van der Waals surface area contributed by atoms with Gasteiger partial charge in [0.05, 0.1) is 0 Å². The molecular weight excluding hydrogens is 207 g/mol. The van der Waals surface area contributed by atoms with Gasteiger partial charge in [-0.05, 0) is 0 Å². The number of hydrogen-bond acceptors (Lipinski definition) is 1. The Morgan fingerprint density at radius 1 is 1.38 bits per heavy atom. The maximum absolute atomic E-state index is 9.36. The molecule has 0 aliphatic carbocycles. The van der Waals surface area contributed by atoms with Gasteiger partial charge < -0.3 is 0 Å². The van der Waals surface area contributed by atoms with E-state index < -0.39 is 18.8 Å². The van der Waals surface area contributed by atoms with E-state index in [0.717, 1.165) is 4.44 Å². The van der Waals surface area contributed by atoms with Crippen LogP contribution in [0.3, 0.4) is 0 Å². The molecule has 8 heavy (non-hydrogen) atoms. The molecule has 0 aromatic rings. The molecule has 0 aromatic heterocycles. The quantitative estimate of drug-likeness (QED) is 0.725. The van der Waals surface area contributed by atoms with Crippen LogP contribution in [-0.2, 0) is 0 Å². The van der Waals surface area contributed by atoms with Gasteiger partial charge in [0.1, 0.15) is 0 Å². The van der Waals surface area contributed by atoms with Crippen molar-refractivity contribution in [3.8, 4) is 0 Å². The van der Waals surface area contributed by atoms with E-state index in [0.29, 0.717) is 0 Å². The van der Waals surface area contributed by atoms with Gasteiger partial charge in [-0.1, -0.05) is 0 Å². The van der Waals surface area contributed by atoms with E-state index in [1.54, 1.807) is 0 Å². The van der Waals surface area contributed by atoms with Crippen molar-refractivity contribution in [2.75, 3.05) is 0 Å². The molecule has 0 amide bonds. The predicted molar refractivity (Wildman–Crippen MR) is 39.4 cm³/mol. The average Bonchev–Trinajstić information content (AvgIpc) is 1.59. The van der Waals surface area contributed by atoms with Crippen LogP contribution >= 0.6 is 0 Å². The molecular formula is C6H16OSn. The van der Waals surface area contributed by atoms with E-state index in [1.807, 2.05) is 0 Å². The molecule has 0 spiro atoms. The molecule has 0 rings (SSSR count). The number of rotatable bonds is 3. The fraction of sp³-hybridized carbons (Fsp3) is 1.00. The Hall–Kier alpha value is 0.759. The predicted octanol–water partition coefficient (Wildman–Crippen LogP) is 1.98. The van der Waals surface area contributed by atoms with Crippen molar-refractivity contribution in [1.82, 2.24) is 0 Å². The van der Waals surface area contributed by atoms with E-state index in [-0.39, 0.29) is 0 Å². The normalized spacial score (nSPS) is 12.0. The molecule has 0 bridgehead atoms. The Bertz CT molecular complexity index is 56.0. The van der Waals surface area contributed by atoms with Crippen molar-refractivity contribution in [3.05, 3.63) is 0 Å². The second-order valence-electron chi connectivity index (χ2n) is 2.92. The van der Waals surface area contributed by atoms with E-state index in [9.17, 15) is 3.44 Å². The summed E-state index contributed by atoms with van der Waals surface area (Å²) in [5, 5.41) is 0. The third kappa shape index (κ3) is 6.76. The average molecular weight is 223 g/mol. The molecule has 0 heterocycles. The summed E-state index contributed by atoms with van der Waals surface area (Å²) in [5.74, 6) is 0. The van der Waals surface area contributed by atoms with Gasteiger partial charge in [-0.3, -0.25) is 0 Å². The van der Waals surface area contributed by atoms with Gasteiger partial charge >= 0.3 is 56.3 Å². The van der Waals surface area contributed by atoms with Crippen molar-refractivity contribution >= 4 is 18.8 Å². The van der Waals surface area contributed by atoms with Crippen LogP contribution in [0.25, 0.3) is 0 Å². The van der Waals surface area contributed by atoms with Gasteiger partial charge in [0, 0.05) is 0 Å². The van der Waals surface area contributed by atoms with Crippen molar-refractivity contribution < 1.29 is 3.44 Å². The van der Waals surface area contributed by atoms with Crippen molar-refractivity contribution in [3.63, 3.8) is 0 Å². The van der Waals surface area contributed by atoms with Gasteiger partial charge in [0.25, 0.3) is 0 Å². The van der Waals surface area contributed by atoms with Crippen LogP contribution in [0.2, 0.25) is 14.3 Å². The third-order valence-corrected chi connectivity index (χ3v) is 5.64. The molecule has 0 radical (unpaired) electrons. The zero-order valence-corrected chi connectivity index (χ0v) is 8.92. The fourth-order valence-corrected chi connectivity index (χ4v) is 4.09.